The largest absolute Gasteiger partial charge is 0.394 e. The van der Waals surface area contributed by atoms with Gasteiger partial charge in [0.15, 0.2) is 5.16 Å². The lowest BCUT2D eigenvalue weighted by Gasteiger charge is -2.23. The smallest absolute Gasteiger partial charge is 0.230 e. The molecule has 0 bridgehead atoms. The van der Waals surface area contributed by atoms with Gasteiger partial charge in [-0.15, -0.1) is 0 Å². The van der Waals surface area contributed by atoms with Gasteiger partial charge < -0.3 is 10.4 Å². The van der Waals surface area contributed by atoms with Crippen LogP contribution in [-0.2, 0) is 4.79 Å². The third-order valence-corrected chi connectivity index (χ3v) is 4.26. The summed E-state index contributed by atoms with van der Waals surface area (Å²) >= 11 is 1.38. The summed E-state index contributed by atoms with van der Waals surface area (Å²) in [5, 5.41) is 12.8. The highest BCUT2D eigenvalue weighted by Gasteiger charge is 2.19. The molecule has 23 heavy (non-hydrogen) atoms. The molecule has 0 aliphatic heterocycles. The zero-order chi connectivity index (χ0) is 17.0. The molecule has 2 rings (SSSR count). The van der Waals surface area contributed by atoms with Crippen LogP contribution >= 0.6 is 11.8 Å². The molecule has 0 radical (unpaired) electrons. The number of rotatable bonds is 6. The van der Waals surface area contributed by atoms with Crippen molar-refractivity contribution < 1.29 is 9.90 Å². The Bertz CT molecular complexity index is 675. The number of aliphatic hydroxyl groups excluding tert-OH is 1. The van der Waals surface area contributed by atoms with E-state index in [1.165, 1.54) is 22.9 Å². The molecule has 2 aromatic rings. The highest BCUT2D eigenvalue weighted by molar-refractivity contribution is 7.99. The van der Waals surface area contributed by atoms with E-state index in [-0.39, 0.29) is 18.3 Å². The molecule has 124 valence electrons. The molecule has 1 amide bonds. The fourth-order valence-corrected chi connectivity index (χ4v) is 3.04. The minimum absolute atomic E-state index is 0.0966. The van der Waals surface area contributed by atoms with Crippen LogP contribution in [-0.4, -0.2) is 38.5 Å². The van der Waals surface area contributed by atoms with Crippen LogP contribution in [0.15, 0.2) is 35.7 Å². The Kier molecular flexibility index (Phi) is 5.49. The Morgan fingerprint density at radius 2 is 1.96 bits per heavy atom. The predicted octanol–water partition coefficient (Wildman–Crippen LogP) is 2.47. The fraction of sp³-hybridized carbons (Fsp3) is 0.412. The van der Waals surface area contributed by atoms with Crippen molar-refractivity contribution in [1.82, 2.24) is 14.9 Å². The van der Waals surface area contributed by atoms with Crippen LogP contribution in [0.5, 0.6) is 0 Å². The molecule has 0 fully saturated rings. The van der Waals surface area contributed by atoms with E-state index in [0.717, 1.165) is 10.8 Å². The molecule has 5 nitrogen and oxygen atoms in total. The number of nitrogens with zero attached hydrogens (tertiary/aromatic N) is 2. The molecular formula is C17H23N3O2S. The highest BCUT2D eigenvalue weighted by atomic mass is 32.2. The number of aliphatic hydroxyl groups is 1. The van der Waals surface area contributed by atoms with Crippen molar-refractivity contribution in [2.24, 2.45) is 0 Å². The van der Waals surface area contributed by atoms with Gasteiger partial charge in [0.05, 0.1) is 17.9 Å². The maximum Gasteiger partial charge on any atom is 0.230 e. The van der Waals surface area contributed by atoms with E-state index in [1.807, 2.05) is 10.8 Å². The lowest BCUT2D eigenvalue weighted by Crippen LogP contribution is -2.47. The number of nitrogens with one attached hydrogen (secondary N) is 1. The molecule has 1 aromatic heterocycles. The second-order valence-electron chi connectivity index (χ2n) is 6.30. The zero-order valence-corrected chi connectivity index (χ0v) is 14.8. The second-order valence-corrected chi connectivity index (χ2v) is 7.25. The zero-order valence-electron chi connectivity index (χ0n) is 14.0. The summed E-state index contributed by atoms with van der Waals surface area (Å²) in [4.78, 5) is 16.3. The summed E-state index contributed by atoms with van der Waals surface area (Å²) in [6.07, 6.45) is 3.63. The summed E-state index contributed by atoms with van der Waals surface area (Å²) in [7, 11) is 0. The fourth-order valence-electron chi connectivity index (χ4n) is 2.27. The van der Waals surface area contributed by atoms with Crippen molar-refractivity contribution in [1.29, 1.82) is 0 Å². The van der Waals surface area contributed by atoms with Gasteiger partial charge in [-0.2, -0.15) is 0 Å². The highest BCUT2D eigenvalue weighted by Crippen LogP contribution is 2.22. The molecule has 1 aromatic carbocycles. The first-order valence-corrected chi connectivity index (χ1v) is 8.46. The quantitative estimate of drug-likeness (QED) is 0.797. The molecule has 0 saturated heterocycles. The maximum atomic E-state index is 12.0. The lowest BCUT2D eigenvalue weighted by atomic mass is 10.1. The number of aromatic nitrogens is 2. The summed E-state index contributed by atoms with van der Waals surface area (Å²) in [6.45, 7) is 7.59. The van der Waals surface area contributed by atoms with Gasteiger partial charge in [-0.25, -0.2) is 4.98 Å². The van der Waals surface area contributed by atoms with Crippen LogP contribution in [0, 0.1) is 13.8 Å². The van der Waals surface area contributed by atoms with Crippen molar-refractivity contribution in [3.63, 3.8) is 0 Å². The van der Waals surface area contributed by atoms with Crippen LogP contribution in [0.3, 0.4) is 0 Å². The first-order chi connectivity index (χ1) is 10.8. The van der Waals surface area contributed by atoms with Crippen molar-refractivity contribution >= 4 is 17.7 Å². The third kappa shape index (κ3) is 4.84. The number of benzene rings is 1. The predicted molar refractivity (Wildman–Crippen MR) is 93.1 cm³/mol. The standard InChI is InChI=1S/C17H23N3O2S/c1-12-7-13(2)9-14(8-12)20-6-5-18-16(20)23-10-15(22)19-17(3,4)11-21/h5-9,21H,10-11H2,1-4H3,(H,19,22). The third-order valence-electron chi connectivity index (χ3n) is 3.30. The summed E-state index contributed by atoms with van der Waals surface area (Å²) in [5.74, 6) is 0.134. The summed E-state index contributed by atoms with van der Waals surface area (Å²) in [5.41, 5.74) is 2.80. The number of hydrogen-bond acceptors (Lipinski definition) is 4. The molecule has 0 spiro atoms. The molecule has 6 heteroatoms. The molecule has 2 N–H and O–H groups in total. The van der Waals surface area contributed by atoms with E-state index in [9.17, 15) is 9.90 Å². The number of carbonyl (C=O) groups is 1. The van der Waals surface area contributed by atoms with Gasteiger partial charge in [-0.05, 0) is 51.0 Å². The van der Waals surface area contributed by atoms with Gasteiger partial charge in [0.2, 0.25) is 5.91 Å². The van der Waals surface area contributed by atoms with Crippen LogP contribution in [0.25, 0.3) is 5.69 Å². The Hall–Kier alpha value is -1.79. The monoisotopic (exact) mass is 333 g/mol. The van der Waals surface area contributed by atoms with E-state index >= 15 is 0 Å². The van der Waals surface area contributed by atoms with Crippen LogP contribution < -0.4 is 5.32 Å². The van der Waals surface area contributed by atoms with E-state index < -0.39 is 5.54 Å². The topological polar surface area (TPSA) is 67.2 Å². The maximum absolute atomic E-state index is 12.0. The molecule has 0 aliphatic rings. The first kappa shape index (κ1) is 17.6. The normalized spacial score (nSPS) is 11.5. The van der Waals surface area contributed by atoms with Crippen LogP contribution in [0.1, 0.15) is 25.0 Å². The second kappa shape index (κ2) is 7.19. The van der Waals surface area contributed by atoms with Gasteiger partial charge in [-0.1, -0.05) is 17.8 Å². The SMILES string of the molecule is Cc1cc(C)cc(-n2ccnc2SCC(=O)NC(C)(C)CO)c1. The number of aryl methyl sites for hydroxylation is 2. The van der Waals surface area contributed by atoms with E-state index in [0.29, 0.717) is 0 Å². The lowest BCUT2D eigenvalue weighted by molar-refractivity contribution is -0.120. The number of amides is 1. The Labute approximate surface area is 141 Å². The average molecular weight is 333 g/mol. The Morgan fingerprint density at radius 1 is 1.30 bits per heavy atom. The van der Waals surface area contributed by atoms with Gasteiger partial charge in [0, 0.05) is 18.1 Å². The molecule has 0 unspecified atom stereocenters. The first-order valence-electron chi connectivity index (χ1n) is 7.47. The van der Waals surface area contributed by atoms with E-state index in [1.54, 1.807) is 20.0 Å². The minimum atomic E-state index is -0.610. The Morgan fingerprint density at radius 3 is 2.57 bits per heavy atom. The molecule has 0 atom stereocenters. The van der Waals surface area contributed by atoms with Crippen molar-refractivity contribution in [2.75, 3.05) is 12.4 Å². The average Bonchev–Trinajstić information content (AvgIpc) is 2.92. The van der Waals surface area contributed by atoms with Crippen LogP contribution in [0.2, 0.25) is 0 Å². The van der Waals surface area contributed by atoms with Crippen LogP contribution in [0.4, 0.5) is 0 Å². The molecule has 0 aliphatic carbocycles. The van der Waals surface area contributed by atoms with E-state index in [2.05, 4.69) is 42.3 Å². The Balaban J connectivity index is 2.08. The molecule has 1 heterocycles. The van der Waals surface area contributed by atoms with Crippen molar-refractivity contribution in [3.8, 4) is 5.69 Å². The summed E-state index contributed by atoms with van der Waals surface area (Å²) in [6, 6.07) is 6.30. The van der Waals surface area contributed by atoms with Crippen molar-refractivity contribution in [3.05, 3.63) is 41.7 Å². The number of imidazole rings is 1. The number of hydrogen-bond donors (Lipinski definition) is 2. The van der Waals surface area contributed by atoms with Gasteiger partial charge in [0.1, 0.15) is 0 Å². The van der Waals surface area contributed by atoms with Gasteiger partial charge in [-0.3, -0.25) is 9.36 Å². The molecule has 0 saturated carbocycles. The van der Waals surface area contributed by atoms with Gasteiger partial charge >= 0.3 is 0 Å². The summed E-state index contributed by atoms with van der Waals surface area (Å²) < 4.78 is 1.98. The number of thioether (sulfide) groups is 1. The minimum Gasteiger partial charge on any atom is -0.394 e. The van der Waals surface area contributed by atoms with Gasteiger partial charge in [0.25, 0.3) is 0 Å². The molecular weight excluding hydrogens is 310 g/mol. The van der Waals surface area contributed by atoms with Crippen molar-refractivity contribution in [2.45, 2.75) is 38.4 Å². The van der Waals surface area contributed by atoms with E-state index in [4.69, 9.17) is 0 Å². The number of carbonyl (C=O) groups excluding carboxylic acids is 1.